The Labute approximate surface area is 121 Å². The Morgan fingerprint density at radius 3 is 2.63 bits per heavy atom. The van der Waals surface area contributed by atoms with Gasteiger partial charge in [0.25, 0.3) is 0 Å². The van der Waals surface area contributed by atoms with Gasteiger partial charge < -0.3 is 0 Å². The molecule has 0 bridgehead atoms. The zero-order valence-electron chi connectivity index (χ0n) is 10.7. The summed E-state index contributed by atoms with van der Waals surface area (Å²) in [5.41, 5.74) is 3.05. The van der Waals surface area contributed by atoms with E-state index in [1.54, 1.807) is 5.56 Å². The summed E-state index contributed by atoms with van der Waals surface area (Å²) in [7, 11) is 0. The third kappa shape index (κ3) is 1.72. The summed E-state index contributed by atoms with van der Waals surface area (Å²) in [4.78, 5) is 0.534. The van der Waals surface area contributed by atoms with E-state index in [-0.39, 0.29) is 0 Å². The summed E-state index contributed by atoms with van der Waals surface area (Å²) in [5, 5.41) is 5.56. The van der Waals surface area contributed by atoms with E-state index in [0.29, 0.717) is 4.83 Å². The molecule has 1 aliphatic carbocycles. The second kappa shape index (κ2) is 4.35. The number of hydrogen-bond acceptors (Lipinski definition) is 0. The van der Waals surface area contributed by atoms with Crippen molar-refractivity contribution in [1.82, 2.24) is 0 Å². The van der Waals surface area contributed by atoms with Gasteiger partial charge in [0.15, 0.2) is 0 Å². The van der Waals surface area contributed by atoms with Crippen molar-refractivity contribution >= 4 is 37.5 Å². The van der Waals surface area contributed by atoms with Crippen molar-refractivity contribution in [3.63, 3.8) is 0 Å². The highest BCUT2D eigenvalue weighted by atomic mass is 79.9. The van der Waals surface area contributed by atoms with Crippen LogP contribution in [0.25, 0.3) is 21.5 Å². The maximum atomic E-state index is 3.82. The van der Waals surface area contributed by atoms with E-state index in [0.717, 1.165) is 0 Å². The van der Waals surface area contributed by atoms with Gasteiger partial charge >= 0.3 is 0 Å². The molecule has 94 valence electrons. The first kappa shape index (κ1) is 11.5. The summed E-state index contributed by atoms with van der Waals surface area (Å²) >= 11 is 3.82. The van der Waals surface area contributed by atoms with Crippen molar-refractivity contribution < 1.29 is 0 Å². The van der Waals surface area contributed by atoms with Crippen molar-refractivity contribution in [1.29, 1.82) is 0 Å². The summed E-state index contributed by atoms with van der Waals surface area (Å²) in [6, 6.07) is 17.9. The molecule has 1 atom stereocenters. The van der Waals surface area contributed by atoms with Crippen LogP contribution in [0.4, 0.5) is 0 Å². The molecule has 0 fully saturated rings. The molecule has 3 aromatic rings. The number of rotatable bonds is 0. The first-order valence-corrected chi connectivity index (χ1v) is 7.83. The van der Waals surface area contributed by atoms with Crippen LogP contribution < -0.4 is 0 Å². The second-order valence-electron chi connectivity index (χ2n) is 5.37. The Morgan fingerprint density at radius 1 is 0.842 bits per heavy atom. The fourth-order valence-corrected chi connectivity index (χ4v) is 4.11. The van der Waals surface area contributed by atoms with Crippen molar-refractivity contribution in [2.24, 2.45) is 0 Å². The highest BCUT2D eigenvalue weighted by molar-refractivity contribution is 9.09. The third-order valence-corrected chi connectivity index (χ3v) is 5.25. The number of halogens is 1. The molecule has 1 heteroatoms. The largest absolute Gasteiger partial charge is 0.0839 e. The van der Waals surface area contributed by atoms with Crippen molar-refractivity contribution in [2.75, 3.05) is 0 Å². The number of benzene rings is 3. The smallest absolute Gasteiger partial charge is 0.0398 e. The van der Waals surface area contributed by atoms with Crippen molar-refractivity contribution in [3.8, 4) is 0 Å². The molecule has 0 N–H and O–H groups in total. The number of aryl methyl sites for hydroxylation is 1. The van der Waals surface area contributed by atoms with Gasteiger partial charge in [-0.25, -0.2) is 0 Å². The third-order valence-electron chi connectivity index (χ3n) is 4.30. The van der Waals surface area contributed by atoms with Crippen LogP contribution >= 0.6 is 15.9 Å². The number of hydrogen-bond donors (Lipinski definition) is 0. The zero-order valence-corrected chi connectivity index (χ0v) is 12.3. The number of fused-ring (bicyclic) bond motifs is 5. The second-order valence-corrected chi connectivity index (χ2v) is 6.48. The molecule has 4 rings (SSSR count). The maximum Gasteiger partial charge on any atom is 0.0398 e. The zero-order chi connectivity index (χ0) is 12.8. The van der Waals surface area contributed by atoms with Crippen LogP contribution in [-0.2, 0) is 6.42 Å². The van der Waals surface area contributed by atoms with Gasteiger partial charge in [0, 0.05) is 4.83 Å². The maximum absolute atomic E-state index is 3.82. The molecule has 1 aliphatic rings. The Bertz CT molecular complexity index is 773. The van der Waals surface area contributed by atoms with Crippen molar-refractivity contribution in [2.45, 2.75) is 24.1 Å². The molecule has 0 saturated carbocycles. The average molecular weight is 311 g/mol. The predicted octanol–water partition coefficient (Wildman–Crippen LogP) is 5.77. The molecule has 0 saturated heterocycles. The highest BCUT2D eigenvalue weighted by Crippen LogP contribution is 2.40. The van der Waals surface area contributed by atoms with E-state index in [2.05, 4.69) is 64.5 Å². The monoisotopic (exact) mass is 310 g/mol. The molecule has 0 radical (unpaired) electrons. The van der Waals surface area contributed by atoms with Crippen LogP contribution in [0.3, 0.4) is 0 Å². The van der Waals surface area contributed by atoms with Gasteiger partial charge in [-0.2, -0.15) is 0 Å². The minimum absolute atomic E-state index is 0.534. The quantitative estimate of drug-likeness (QED) is 0.365. The molecule has 0 amide bonds. The van der Waals surface area contributed by atoms with Gasteiger partial charge in [0.1, 0.15) is 0 Å². The molecule has 0 nitrogen and oxygen atoms in total. The van der Waals surface area contributed by atoms with Crippen LogP contribution in [0.15, 0.2) is 48.5 Å². The van der Waals surface area contributed by atoms with Gasteiger partial charge in [-0.05, 0) is 51.9 Å². The van der Waals surface area contributed by atoms with Crippen LogP contribution in [0.5, 0.6) is 0 Å². The SMILES string of the molecule is BrC1CCCc2c1ccc1c2ccc2ccccc21. The topological polar surface area (TPSA) is 0 Å². The van der Waals surface area contributed by atoms with Gasteiger partial charge in [0.05, 0.1) is 0 Å². The molecule has 3 aromatic carbocycles. The fourth-order valence-electron chi connectivity index (χ4n) is 3.35. The lowest BCUT2D eigenvalue weighted by Crippen LogP contribution is -2.05. The van der Waals surface area contributed by atoms with Crippen molar-refractivity contribution in [3.05, 3.63) is 59.7 Å². The van der Waals surface area contributed by atoms with Crippen LogP contribution in [0.1, 0.15) is 28.8 Å². The van der Waals surface area contributed by atoms with Gasteiger partial charge in [-0.15, -0.1) is 0 Å². The molecule has 0 heterocycles. The predicted molar refractivity (Wildman–Crippen MR) is 86.1 cm³/mol. The molecule has 0 aliphatic heterocycles. The molecular formula is C18H15Br. The highest BCUT2D eigenvalue weighted by Gasteiger charge is 2.19. The Kier molecular flexibility index (Phi) is 2.63. The molecule has 0 aromatic heterocycles. The van der Waals surface area contributed by atoms with E-state index in [1.165, 1.54) is 46.4 Å². The minimum atomic E-state index is 0.534. The van der Waals surface area contributed by atoms with E-state index in [4.69, 9.17) is 0 Å². The lowest BCUT2D eigenvalue weighted by Gasteiger charge is -2.23. The molecule has 0 spiro atoms. The summed E-state index contributed by atoms with van der Waals surface area (Å²) in [6.45, 7) is 0. The van der Waals surface area contributed by atoms with Gasteiger partial charge in [0.2, 0.25) is 0 Å². The first-order chi connectivity index (χ1) is 9.34. The van der Waals surface area contributed by atoms with E-state index in [1.807, 2.05) is 0 Å². The van der Waals surface area contributed by atoms with Crippen LogP contribution in [-0.4, -0.2) is 0 Å². The van der Waals surface area contributed by atoms with Crippen LogP contribution in [0.2, 0.25) is 0 Å². The minimum Gasteiger partial charge on any atom is -0.0839 e. The van der Waals surface area contributed by atoms with E-state index < -0.39 is 0 Å². The lowest BCUT2D eigenvalue weighted by molar-refractivity contribution is 0.685. The molecule has 19 heavy (non-hydrogen) atoms. The normalized spacial score (nSPS) is 18.7. The Hall–Kier alpha value is -1.34. The summed E-state index contributed by atoms with van der Waals surface area (Å²) < 4.78 is 0. The number of alkyl halides is 1. The summed E-state index contributed by atoms with van der Waals surface area (Å²) in [5.74, 6) is 0. The van der Waals surface area contributed by atoms with E-state index in [9.17, 15) is 0 Å². The van der Waals surface area contributed by atoms with Crippen LogP contribution in [0, 0.1) is 0 Å². The Balaban J connectivity index is 2.13. The first-order valence-electron chi connectivity index (χ1n) is 6.92. The summed E-state index contributed by atoms with van der Waals surface area (Å²) in [6.07, 6.45) is 3.76. The van der Waals surface area contributed by atoms with Gasteiger partial charge in [-0.3, -0.25) is 0 Å². The van der Waals surface area contributed by atoms with E-state index >= 15 is 0 Å². The molecular weight excluding hydrogens is 296 g/mol. The standard InChI is InChI=1S/C18H15Br/c19-18-7-3-6-14-16-9-8-12-4-1-2-5-13(12)15(16)10-11-17(14)18/h1-2,4-5,8-11,18H,3,6-7H2. The Morgan fingerprint density at radius 2 is 1.68 bits per heavy atom. The lowest BCUT2D eigenvalue weighted by atomic mass is 9.86. The fraction of sp³-hybridized carbons (Fsp3) is 0.222. The molecule has 1 unspecified atom stereocenters. The average Bonchev–Trinajstić information content (AvgIpc) is 2.47. The van der Waals surface area contributed by atoms with Gasteiger partial charge in [-0.1, -0.05) is 64.5 Å².